The van der Waals surface area contributed by atoms with E-state index in [1.165, 1.54) is 15.8 Å². The molecule has 0 unspecified atom stereocenters. The predicted octanol–water partition coefficient (Wildman–Crippen LogP) is 2.59. The maximum absolute atomic E-state index is 12.8. The summed E-state index contributed by atoms with van der Waals surface area (Å²) in [6.45, 7) is 1.85. The first kappa shape index (κ1) is 14.1. The number of hydrogen-bond donors (Lipinski definition) is 1. The van der Waals surface area contributed by atoms with Gasteiger partial charge in [0.1, 0.15) is 4.21 Å². The monoisotopic (exact) mass is 323 g/mol. The minimum Gasteiger partial charge on any atom is -0.478 e. The van der Waals surface area contributed by atoms with Crippen LogP contribution in [0.1, 0.15) is 22.8 Å². The van der Waals surface area contributed by atoms with Gasteiger partial charge in [-0.3, -0.25) is 4.31 Å². The number of thiophene rings is 1. The van der Waals surface area contributed by atoms with Crippen LogP contribution in [0, 0.1) is 0 Å². The standard InChI is InChI=1S/C14H13NO4S2/c1-9-6-10-4-2-3-5-12(10)15(9)21(18,19)13-7-11(8-20-13)14(16)17/h2-5,7-9H,6H2,1H3,(H,16,17)/t9-/m0/s1. The Labute approximate surface area is 126 Å². The molecular formula is C14H13NO4S2. The number of nitrogens with zero attached hydrogens (tertiary/aromatic N) is 1. The van der Waals surface area contributed by atoms with Gasteiger partial charge in [0.15, 0.2) is 0 Å². The number of sulfonamides is 1. The van der Waals surface area contributed by atoms with Crippen LogP contribution in [0.2, 0.25) is 0 Å². The predicted molar refractivity (Wildman–Crippen MR) is 80.6 cm³/mol. The van der Waals surface area contributed by atoms with Crippen LogP contribution >= 0.6 is 11.3 Å². The third kappa shape index (κ3) is 2.22. The Balaban J connectivity index is 2.08. The number of aromatic carboxylic acids is 1. The van der Waals surface area contributed by atoms with Crippen molar-refractivity contribution in [3.8, 4) is 0 Å². The number of para-hydroxylation sites is 1. The number of carbonyl (C=O) groups is 1. The maximum atomic E-state index is 12.8. The van der Waals surface area contributed by atoms with E-state index in [1.807, 2.05) is 19.1 Å². The van der Waals surface area contributed by atoms with E-state index in [0.717, 1.165) is 16.9 Å². The molecule has 0 saturated carbocycles. The lowest BCUT2D eigenvalue weighted by molar-refractivity contribution is 0.0697. The topological polar surface area (TPSA) is 74.7 Å². The van der Waals surface area contributed by atoms with E-state index in [-0.39, 0.29) is 15.8 Å². The Bertz CT molecular complexity index is 810. The van der Waals surface area contributed by atoms with E-state index in [0.29, 0.717) is 12.1 Å². The minimum atomic E-state index is -3.73. The van der Waals surface area contributed by atoms with Crippen LogP contribution in [0.3, 0.4) is 0 Å². The van der Waals surface area contributed by atoms with Crippen LogP contribution in [0.25, 0.3) is 0 Å². The van der Waals surface area contributed by atoms with Crippen LogP contribution in [0.5, 0.6) is 0 Å². The normalized spacial score (nSPS) is 17.8. The zero-order valence-corrected chi connectivity index (χ0v) is 12.8. The van der Waals surface area contributed by atoms with Crippen molar-refractivity contribution in [1.82, 2.24) is 0 Å². The van der Waals surface area contributed by atoms with Gasteiger partial charge in [-0.15, -0.1) is 11.3 Å². The number of benzene rings is 1. The van der Waals surface area contributed by atoms with E-state index >= 15 is 0 Å². The second-order valence-corrected chi connectivity index (χ2v) is 7.90. The lowest BCUT2D eigenvalue weighted by atomic mass is 10.1. The molecule has 0 amide bonds. The molecule has 2 heterocycles. The molecular weight excluding hydrogens is 310 g/mol. The molecule has 0 fully saturated rings. The Kier molecular flexibility index (Phi) is 3.26. The highest BCUT2D eigenvalue weighted by molar-refractivity contribution is 7.94. The number of rotatable bonds is 3. The van der Waals surface area contributed by atoms with Gasteiger partial charge in [-0.1, -0.05) is 18.2 Å². The fraction of sp³-hybridized carbons (Fsp3) is 0.214. The van der Waals surface area contributed by atoms with Crippen LogP contribution in [0.4, 0.5) is 5.69 Å². The first-order valence-electron chi connectivity index (χ1n) is 6.35. The molecule has 3 rings (SSSR count). The molecule has 1 aliphatic rings. The van der Waals surface area contributed by atoms with Crippen molar-refractivity contribution >= 4 is 33.0 Å². The Morgan fingerprint density at radius 3 is 2.76 bits per heavy atom. The number of carboxylic acid groups (broad SMARTS) is 1. The molecule has 21 heavy (non-hydrogen) atoms. The van der Waals surface area contributed by atoms with Crippen LogP contribution in [-0.2, 0) is 16.4 Å². The van der Waals surface area contributed by atoms with Crippen LogP contribution < -0.4 is 4.31 Å². The van der Waals surface area contributed by atoms with E-state index < -0.39 is 16.0 Å². The van der Waals surface area contributed by atoms with Crippen molar-refractivity contribution in [3.05, 3.63) is 46.8 Å². The molecule has 0 bridgehead atoms. The molecule has 110 valence electrons. The highest BCUT2D eigenvalue weighted by Gasteiger charge is 2.36. The summed E-state index contributed by atoms with van der Waals surface area (Å²) >= 11 is 0.938. The van der Waals surface area contributed by atoms with Gasteiger partial charge < -0.3 is 5.11 Å². The summed E-state index contributed by atoms with van der Waals surface area (Å²) in [7, 11) is -3.73. The average molecular weight is 323 g/mol. The van der Waals surface area contributed by atoms with E-state index in [2.05, 4.69) is 0 Å². The Morgan fingerprint density at radius 2 is 2.10 bits per heavy atom. The van der Waals surface area contributed by atoms with Gasteiger partial charge in [0.25, 0.3) is 10.0 Å². The number of anilines is 1. The second kappa shape index (κ2) is 4.85. The van der Waals surface area contributed by atoms with Gasteiger partial charge in [0.2, 0.25) is 0 Å². The zero-order chi connectivity index (χ0) is 15.2. The van der Waals surface area contributed by atoms with Crippen molar-refractivity contribution < 1.29 is 18.3 Å². The van der Waals surface area contributed by atoms with Crippen molar-refractivity contribution in [2.45, 2.75) is 23.6 Å². The number of hydrogen-bond acceptors (Lipinski definition) is 4. The third-order valence-corrected chi connectivity index (χ3v) is 6.82. The summed E-state index contributed by atoms with van der Waals surface area (Å²) < 4.78 is 27.0. The summed E-state index contributed by atoms with van der Waals surface area (Å²) in [5.74, 6) is -1.12. The number of fused-ring (bicyclic) bond motifs is 1. The Hall–Kier alpha value is -1.86. The van der Waals surface area contributed by atoms with E-state index in [1.54, 1.807) is 12.1 Å². The van der Waals surface area contributed by atoms with Gasteiger partial charge in [0, 0.05) is 11.4 Å². The summed E-state index contributed by atoms with van der Waals surface area (Å²) in [4.78, 5) is 10.9. The summed E-state index contributed by atoms with van der Waals surface area (Å²) in [5.41, 5.74) is 1.66. The van der Waals surface area contributed by atoms with Gasteiger partial charge in [0.05, 0.1) is 11.3 Å². The molecule has 0 radical (unpaired) electrons. The fourth-order valence-electron chi connectivity index (χ4n) is 2.56. The fourth-order valence-corrected chi connectivity index (χ4v) is 5.50. The zero-order valence-electron chi connectivity index (χ0n) is 11.2. The highest BCUT2D eigenvalue weighted by atomic mass is 32.2. The third-order valence-electron chi connectivity index (χ3n) is 3.48. The number of carboxylic acids is 1. The van der Waals surface area contributed by atoms with Crippen LogP contribution in [0.15, 0.2) is 39.9 Å². The minimum absolute atomic E-state index is 0.00119. The molecule has 0 saturated heterocycles. The van der Waals surface area contributed by atoms with Crippen molar-refractivity contribution in [3.63, 3.8) is 0 Å². The lowest BCUT2D eigenvalue weighted by Gasteiger charge is -2.23. The molecule has 5 nitrogen and oxygen atoms in total. The molecule has 1 aliphatic heterocycles. The van der Waals surface area contributed by atoms with E-state index in [9.17, 15) is 13.2 Å². The molecule has 1 aromatic heterocycles. The largest absolute Gasteiger partial charge is 0.478 e. The summed E-state index contributed by atoms with van der Waals surface area (Å²) in [5, 5.41) is 10.3. The van der Waals surface area contributed by atoms with Crippen molar-refractivity contribution in [2.75, 3.05) is 4.31 Å². The van der Waals surface area contributed by atoms with Gasteiger partial charge in [-0.2, -0.15) is 0 Å². The molecule has 2 aromatic rings. The molecule has 0 aliphatic carbocycles. The smallest absolute Gasteiger partial charge is 0.336 e. The molecule has 1 atom stereocenters. The van der Waals surface area contributed by atoms with Gasteiger partial charge >= 0.3 is 5.97 Å². The van der Waals surface area contributed by atoms with Gasteiger partial charge in [-0.25, -0.2) is 13.2 Å². The quantitative estimate of drug-likeness (QED) is 0.942. The average Bonchev–Trinajstić information content (AvgIpc) is 3.02. The van der Waals surface area contributed by atoms with Crippen molar-refractivity contribution in [1.29, 1.82) is 0 Å². The molecule has 1 N–H and O–H groups in total. The highest BCUT2D eigenvalue weighted by Crippen LogP contribution is 2.37. The second-order valence-electron chi connectivity index (χ2n) is 4.94. The SMILES string of the molecule is C[C@H]1Cc2ccccc2N1S(=O)(=O)c1cc(C(=O)O)cs1. The molecule has 0 spiro atoms. The first-order chi connectivity index (χ1) is 9.91. The Morgan fingerprint density at radius 1 is 1.38 bits per heavy atom. The van der Waals surface area contributed by atoms with Gasteiger partial charge in [-0.05, 0) is 31.0 Å². The van der Waals surface area contributed by atoms with Crippen LogP contribution in [-0.4, -0.2) is 25.5 Å². The van der Waals surface area contributed by atoms with Crippen molar-refractivity contribution in [2.24, 2.45) is 0 Å². The summed E-state index contributed by atoms with van der Waals surface area (Å²) in [6.07, 6.45) is 0.659. The molecule has 7 heteroatoms. The maximum Gasteiger partial charge on any atom is 0.336 e. The lowest BCUT2D eigenvalue weighted by Crippen LogP contribution is -2.35. The molecule has 1 aromatic carbocycles. The van der Waals surface area contributed by atoms with E-state index in [4.69, 9.17) is 5.11 Å². The summed E-state index contributed by atoms with van der Waals surface area (Å²) in [6, 6.07) is 8.42. The first-order valence-corrected chi connectivity index (χ1v) is 8.67.